The maximum atomic E-state index is 5.14. The lowest BCUT2D eigenvalue weighted by atomic mass is 10.1. The third-order valence-corrected chi connectivity index (χ3v) is 4.45. The summed E-state index contributed by atoms with van der Waals surface area (Å²) in [4.78, 5) is 14.1. The molecule has 26 heavy (non-hydrogen) atoms. The lowest BCUT2D eigenvalue weighted by molar-refractivity contribution is 0.311. The number of hydrogen-bond acceptors (Lipinski definition) is 7. The van der Waals surface area contributed by atoms with Crippen molar-refractivity contribution in [2.75, 3.05) is 43.4 Å². The molecule has 7 nitrogen and oxygen atoms in total. The minimum atomic E-state index is 0.643. The molecule has 1 fully saturated rings. The summed E-state index contributed by atoms with van der Waals surface area (Å²) in [7, 11) is 2.14. The molecule has 1 aliphatic rings. The van der Waals surface area contributed by atoms with Crippen LogP contribution in [0.4, 0.5) is 17.6 Å². The van der Waals surface area contributed by atoms with Crippen LogP contribution >= 0.6 is 0 Å². The van der Waals surface area contributed by atoms with E-state index >= 15 is 0 Å². The maximum absolute atomic E-state index is 5.14. The Balaban J connectivity index is 1.69. The first-order valence-corrected chi connectivity index (χ1v) is 8.76. The number of piperazine rings is 1. The summed E-state index contributed by atoms with van der Waals surface area (Å²) in [6.45, 7) is 5.70. The molecule has 7 heteroatoms. The van der Waals surface area contributed by atoms with E-state index in [1.54, 1.807) is 0 Å². The SMILES string of the molecule is Cc1cc(Nc2cc(-c3ccccc3)nc(N3CCN(C)CC3)n2)no1. The number of nitrogens with one attached hydrogen (secondary N) is 1. The van der Waals surface area contributed by atoms with Crippen molar-refractivity contribution >= 4 is 17.6 Å². The molecule has 1 saturated heterocycles. The van der Waals surface area contributed by atoms with Crippen molar-refractivity contribution in [3.8, 4) is 11.3 Å². The fraction of sp³-hybridized carbons (Fsp3) is 0.316. The highest BCUT2D eigenvalue weighted by atomic mass is 16.5. The molecule has 4 rings (SSSR count). The second kappa shape index (κ2) is 7.13. The van der Waals surface area contributed by atoms with Gasteiger partial charge >= 0.3 is 0 Å². The summed E-state index contributed by atoms with van der Waals surface area (Å²) in [5, 5.41) is 7.23. The van der Waals surface area contributed by atoms with Crippen LogP contribution < -0.4 is 10.2 Å². The zero-order valence-electron chi connectivity index (χ0n) is 15.0. The summed E-state index contributed by atoms with van der Waals surface area (Å²) in [5.41, 5.74) is 1.95. The quantitative estimate of drug-likeness (QED) is 0.776. The summed E-state index contributed by atoms with van der Waals surface area (Å²) >= 11 is 0. The molecule has 1 N–H and O–H groups in total. The van der Waals surface area contributed by atoms with E-state index in [-0.39, 0.29) is 0 Å². The van der Waals surface area contributed by atoms with Crippen LogP contribution in [0.3, 0.4) is 0 Å². The van der Waals surface area contributed by atoms with Crippen LogP contribution in [0, 0.1) is 6.92 Å². The van der Waals surface area contributed by atoms with Crippen molar-refractivity contribution in [3.63, 3.8) is 0 Å². The van der Waals surface area contributed by atoms with Gasteiger partial charge in [0.05, 0.1) is 5.69 Å². The largest absolute Gasteiger partial charge is 0.360 e. The zero-order valence-corrected chi connectivity index (χ0v) is 15.0. The first kappa shape index (κ1) is 16.5. The number of nitrogens with zero attached hydrogens (tertiary/aromatic N) is 5. The topological polar surface area (TPSA) is 70.3 Å². The number of rotatable bonds is 4. The van der Waals surface area contributed by atoms with Crippen molar-refractivity contribution in [1.82, 2.24) is 20.0 Å². The summed E-state index contributed by atoms with van der Waals surface area (Å²) in [5.74, 6) is 2.84. The second-order valence-electron chi connectivity index (χ2n) is 6.54. The molecule has 0 unspecified atom stereocenters. The summed E-state index contributed by atoms with van der Waals surface area (Å²) in [6, 6.07) is 13.9. The fourth-order valence-electron chi connectivity index (χ4n) is 2.96. The predicted octanol–water partition coefficient (Wildman–Crippen LogP) is 2.94. The Bertz CT molecular complexity index is 871. The Labute approximate surface area is 152 Å². The van der Waals surface area contributed by atoms with Gasteiger partial charge in [-0.15, -0.1) is 0 Å². The fourth-order valence-corrected chi connectivity index (χ4v) is 2.96. The number of aryl methyl sites for hydroxylation is 1. The molecule has 1 aromatic carbocycles. The van der Waals surface area contributed by atoms with Gasteiger partial charge in [0.2, 0.25) is 5.95 Å². The van der Waals surface area contributed by atoms with E-state index in [4.69, 9.17) is 14.5 Å². The molecule has 0 bridgehead atoms. The summed E-state index contributed by atoms with van der Waals surface area (Å²) < 4.78 is 5.14. The van der Waals surface area contributed by atoms with E-state index in [0.29, 0.717) is 11.6 Å². The average molecular weight is 350 g/mol. The van der Waals surface area contributed by atoms with E-state index in [1.165, 1.54) is 0 Å². The molecule has 1 aliphatic heterocycles. The number of benzene rings is 1. The molecule has 3 aromatic rings. The Kier molecular flexibility index (Phi) is 4.53. The average Bonchev–Trinajstić information content (AvgIpc) is 3.07. The second-order valence-corrected chi connectivity index (χ2v) is 6.54. The Morgan fingerprint density at radius 2 is 1.73 bits per heavy atom. The minimum Gasteiger partial charge on any atom is -0.360 e. The molecule has 0 radical (unpaired) electrons. The number of likely N-dealkylation sites (N-methyl/N-ethyl adjacent to an activating group) is 1. The van der Waals surface area contributed by atoms with Crippen LogP contribution in [0.1, 0.15) is 5.76 Å². The lowest BCUT2D eigenvalue weighted by Crippen LogP contribution is -2.45. The van der Waals surface area contributed by atoms with Gasteiger partial charge in [-0.05, 0) is 14.0 Å². The van der Waals surface area contributed by atoms with Crippen LogP contribution in [-0.4, -0.2) is 53.3 Å². The van der Waals surface area contributed by atoms with Crippen LogP contribution in [-0.2, 0) is 0 Å². The highest BCUT2D eigenvalue weighted by Gasteiger charge is 2.18. The highest BCUT2D eigenvalue weighted by Crippen LogP contribution is 2.25. The van der Waals surface area contributed by atoms with Crippen LogP contribution in [0.2, 0.25) is 0 Å². The van der Waals surface area contributed by atoms with Gasteiger partial charge in [-0.25, -0.2) is 4.98 Å². The number of aromatic nitrogens is 3. The molecule has 0 aliphatic carbocycles. The molecule has 2 aromatic heterocycles. The maximum Gasteiger partial charge on any atom is 0.227 e. The van der Waals surface area contributed by atoms with Crippen molar-refractivity contribution in [2.24, 2.45) is 0 Å². The third kappa shape index (κ3) is 3.67. The van der Waals surface area contributed by atoms with Crippen molar-refractivity contribution < 1.29 is 4.52 Å². The van der Waals surface area contributed by atoms with Crippen LogP contribution in [0.25, 0.3) is 11.3 Å². The number of anilines is 3. The van der Waals surface area contributed by atoms with Crippen LogP contribution in [0.5, 0.6) is 0 Å². The van der Waals surface area contributed by atoms with Crippen molar-refractivity contribution in [1.29, 1.82) is 0 Å². The van der Waals surface area contributed by atoms with Gasteiger partial charge in [0.25, 0.3) is 0 Å². The van der Waals surface area contributed by atoms with Crippen LogP contribution in [0.15, 0.2) is 47.0 Å². The Hall–Kier alpha value is -2.93. The number of hydrogen-bond donors (Lipinski definition) is 1. The van der Waals surface area contributed by atoms with E-state index in [0.717, 1.165) is 49.1 Å². The van der Waals surface area contributed by atoms with Crippen molar-refractivity contribution in [3.05, 3.63) is 48.2 Å². The highest BCUT2D eigenvalue weighted by molar-refractivity contribution is 5.66. The first-order valence-electron chi connectivity index (χ1n) is 8.76. The zero-order chi connectivity index (χ0) is 17.9. The minimum absolute atomic E-state index is 0.643. The van der Waals surface area contributed by atoms with Gasteiger partial charge in [0.1, 0.15) is 11.6 Å². The van der Waals surface area contributed by atoms with Gasteiger partial charge in [0, 0.05) is 43.9 Å². The van der Waals surface area contributed by atoms with Gasteiger partial charge in [-0.3, -0.25) is 0 Å². The smallest absolute Gasteiger partial charge is 0.227 e. The normalized spacial score (nSPS) is 15.2. The van der Waals surface area contributed by atoms with Crippen molar-refractivity contribution in [2.45, 2.75) is 6.92 Å². The lowest BCUT2D eigenvalue weighted by Gasteiger charge is -2.32. The van der Waals surface area contributed by atoms with Gasteiger partial charge < -0.3 is 19.6 Å². The van der Waals surface area contributed by atoms with E-state index in [1.807, 2.05) is 37.3 Å². The first-order chi connectivity index (χ1) is 12.7. The van der Waals surface area contributed by atoms with Gasteiger partial charge in [-0.1, -0.05) is 35.5 Å². The Morgan fingerprint density at radius 3 is 2.42 bits per heavy atom. The molecule has 3 heterocycles. The van der Waals surface area contributed by atoms with Gasteiger partial charge in [-0.2, -0.15) is 4.98 Å². The molecule has 0 atom stereocenters. The molecule has 0 amide bonds. The summed E-state index contributed by atoms with van der Waals surface area (Å²) in [6.07, 6.45) is 0. The van der Waals surface area contributed by atoms with E-state index in [2.05, 4.69) is 39.5 Å². The molecular weight excluding hydrogens is 328 g/mol. The monoisotopic (exact) mass is 350 g/mol. The van der Waals surface area contributed by atoms with E-state index < -0.39 is 0 Å². The third-order valence-electron chi connectivity index (χ3n) is 4.45. The van der Waals surface area contributed by atoms with E-state index in [9.17, 15) is 0 Å². The molecule has 134 valence electrons. The Morgan fingerprint density at radius 1 is 0.962 bits per heavy atom. The van der Waals surface area contributed by atoms with Gasteiger partial charge in [0.15, 0.2) is 5.82 Å². The molecular formula is C19H22N6O. The predicted molar refractivity (Wildman–Crippen MR) is 102 cm³/mol. The standard InChI is InChI=1S/C19H22N6O/c1-14-12-18(23-26-14)21-17-13-16(15-6-4-3-5-7-15)20-19(22-17)25-10-8-24(2)9-11-25/h3-7,12-13H,8-11H2,1-2H3,(H,20,21,22,23). The molecule has 0 spiro atoms. The molecule has 0 saturated carbocycles.